The van der Waals surface area contributed by atoms with E-state index in [0.717, 1.165) is 17.7 Å². The van der Waals surface area contributed by atoms with Crippen molar-refractivity contribution in [2.45, 2.75) is 45.6 Å². The average Bonchev–Trinajstić information content (AvgIpc) is 2.97. The number of hydrogen-bond acceptors (Lipinski definition) is 7. The van der Waals surface area contributed by atoms with Crippen LogP contribution in [0.25, 0.3) is 0 Å². The maximum atomic E-state index is 12.6. The molecule has 10 heteroatoms. The van der Waals surface area contributed by atoms with Gasteiger partial charge >= 0.3 is 5.97 Å². The number of carbonyl (C=O) groups is 4. The minimum absolute atomic E-state index is 0.105. The summed E-state index contributed by atoms with van der Waals surface area (Å²) in [4.78, 5) is 60.8. The number of nitrogens with zero attached hydrogens (tertiary/aromatic N) is 2. The summed E-state index contributed by atoms with van der Waals surface area (Å²) >= 11 is 0. The normalized spacial score (nSPS) is 21.7. The quantitative estimate of drug-likeness (QED) is 0.323. The molecule has 2 fully saturated rings. The van der Waals surface area contributed by atoms with Gasteiger partial charge in [-0.05, 0) is 38.3 Å². The van der Waals surface area contributed by atoms with Gasteiger partial charge in [0, 0.05) is 17.8 Å². The summed E-state index contributed by atoms with van der Waals surface area (Å²) in [6.07, 6.45) is 3.05. The van der Waals surface area contributed by atoms with E-state index < -0.39 is 29.4 Å². The molecule has 2 aliphatic rings. The van der Waals surface area contributed by atoms with Gasteiger partial charge in [-0.3, -0.25) is 29.4 Å². The predicted octanol–water partition coefficient (Wildman–Crippen LogP) is 1.95. The first-order valence-corrected chi connectivity index (χ1v) is 9.79. The van der Waals surface area contributed by atoms with E-state index in [2.05, 4.69) is 5.32 Å². The van der Waals surface area contributed by atoms with Crippen LogP contribution < -0.4 is 5.32 Å². The topological polar surface area (TPSA) is 136 Å². The van der Waals surface area contributed by atoms with E-state index >= 15 is 0 Å². The molecular weight excluding hydrogens is 394 g/mol. The molecule has 30 heavy (non-hydrogen) atoms. The summed E-state index contributed by atoms with van der Waals surface area (Å²) in [5, 5.41) is 13.3. The molecule has 1 N–H and O–H groups in total. The van der Waals surface area contributed by atoms with Gasteiger partial charge in [-0.1, -0.05) is 12.8 Å². The van der Waals surface area contributed by atoms with Crippen molar-refractivity contribution in [1.29, 1.82) is 0 Å². The molecule has 1 saturated carbocycles. The Bertz CT molecular complexity index is 890. The highest BCUT2D eigenvalue weighted by Crippen LogP contribution is 2.38. The van der Waals surface area contributed by atoms with Crippen molar-refractivity contribution in [2.24, 2.45) is 11.8 Å². The van der Waals surface area contributed by atoms with Crippen LogP contribution in [-0.4, -0.2) is 46.2 Å². The number of amides is 3. The highest BCUT2D eigenvalue weighted by atomic mass is 16.6. The van der Waals surface area contributed by atoms with Crippen LogP contribution in [0, 0.1) is 28.9 Å². The second kappa shape index (κ2) is 8.60. The van der Waals surface area contributed by atoms with Gasteiger partial charge in [-0.2, -0.15) is 0 Å². The van der Waals surface area contributed by atoms with Crippen molar-refractivity contribution in [3.05, 3.63) is 33.9 Å². The monoisotopic (exact) mass is 417 g/mol. The molecule has 0 radical (unpaired) electrons. The van der Waals surface area contributed by atoms with Gasteiger partial charge in [0.1, 0.15) is 6.04 Å². The number of aryl methyl sites for hydroxylation is 1. The lowest BCUT2D eigenvalue weighted by molar-refractivity contribution is -0.384. The maximum Gasteiger partial charge on any atom is 0.329 e. The Hall–Kier alpha value is -3.30. The molecule has 1 heterocycles. The largest absolute Gasteiger partial charge is 0.454 e. The first-order valence-electron chi connectivity index (χ1n) is 9.79. The van der Waals surface area contributed by atoms with Crippen molar-refractivity contribution in [2.75, 3.05) is 11.9 Å². The minimum Gasteiger partial charge on any atom is -0.454 e. The number of carbonyl (C=O) groups excluding carboxylic acids is 4. The molecule has 160 valence electrons. The van der Waals surface area contributed by atoms with Gasteiger partial charge in [0.25, 0.3) is 11.6 Å². The Balaban J connectivity index is 1.56. The van der Waals surface area contributed by atoms with Crippen LogP contribution >= 0.6 is 0 Å². The predicted molar refractivity (Wildman–Crippen MR) is 104 cm³/mol. The number of hydrogen-bond donors (Lipinski definition) is 1. The summed E-state index contributed by atoms with van der Waals surface area (Å²) in [5.74, 6) is -2.91. The molecule has 3 rings (SSSR count). The lowest BCUT2D eigenvalue weighted by Gasteiger charge is -2.21. The Morgan fingerprint density at radius 1 is 1.23 bits per heavy atom. The first kappa shape index (κ1) is 21.4. The molecular formula is C20H23N3O7. The molecule has 0 spiro atoms. The second-order valence-electron chi connectivity index (χ2n) is 7.63. The number of nitro benzene ring substituents is 1. The van der Waals surface area contributed by atoms with Crippen molar-refractivity contribution in [3.8, 4) is 0 Å². The Morgan fingerprint density at radius 2 is 1.83 bits per heavy atom. The number of ether oxygens (including phenoxy) is 1. The maximum absolute atomic E-state index is 12.6. The summed E-state index contributed by atoms with van der Waals surface area (Å²) in [5.41, 5.74) is 0.725. The van der Waals surface area contributed by atoms with E-state index in [4.69, 9.17) is 4.74 Å². The van der Waals surface area contributed by atoms with Gasteiger partial charge in [-0.25, -0.2) is 4.79 Å². The number of fused-ring (bicyclic) bond motifs is 1. The van der Waals surface area contributed by atoms with E-state index in [1.807, 2.05) is 0 Å². The lowest BCUT2D eigenvalue weighted by atomic mass is 9.81. The number of rotatable bonds is 6. The van der Waals surface area contributed by atoms with Crippen molar-refractivity contribution >= 4 is 35.1 Å². The number of likely N-dealkylation sites (tertiary alicyclic amines) is 1. The fraction of sp³-hybridized carbons (Fsp3) is 0.500. The van der Waals surface area contributed by atoms with Crippen LogP contribution in [0.2, 0.25) is 0 Å². The third-order valence-corrected chi connectivity index (χ3v) is 5.64. The van der Waals surface area contributed by atoms with Crippen molar-refractivity contribution < 1.29 is 28.8 Å². The molecule has 3 atom stereocenters. The number of nitrogens with one attached hydrogen (secondary N) is 1. The zero-order chi connectivity index (χ0) is 22.0. The van der Waals surface area contributed by atoms with Gasteiger partial charge in [-0.15, -0.1) is 0 Å². The molecule has 1 aromatic rings. The van der Waals surface area contributed by atoms with Crippen molar-refractivity contribution in [3.63, 3.8) is 0 Å². The smallest absolute Gasteiger partial charge is 0.329 e. The van der Waals surface area contributed by atoms with Crippen LogP contribution in [0.15, 0.2) is 18.2 Å². The van der Waals surface area contributed by atoms with E-state index in [1.165, 1.54) is 25.1 Å². The lowest BCUT2D eigenvalue weighted by Crippen LogP contribution is -2.45. The van der Waals surface area contributed by atoms with Crippen LogP contribution in [0.3, 0.4) is 0 Å². The average molecular weight is 417 g/mol. The zero-order valence-corrected chi connectivity index (χ0v) is 16.8. The Kier molecular flexibility index (Phi) is 6.14. The Morgan fingerprint density at radius 3 is 2.37 bits per heavy atom. The number of anilines is 1. The number of esters is 1. The Labute approximate surface area is 172 Å². The van der Waals surface area contributed by atoms with Gasteiger partial charge in [0.05, 0.1) is 16.8 Å². The highest BCUT2D eigenvalue weighted by Gasteiger charge is 2.51. The van der Waals surface area contributed by atoms with E-state index in [-0.39, 0.29) is 29.3 Å². The SMILES string of the molecule is Cc1cc([N+](=O)[O-])ccc1NC(=O)COC(=O)[C@H](C)N1C(=O)[C@H]2CCCC[C@@H]2C1=O. The number of non-ortho nitro benzene ring substituents is 1. The van der Waals surface area contributed by atoms with Crippen molar-refractivity contribution in [1.82, 2.24) is 4.90 Å². The second-order valence-corrected chi connectivity index (χ2v) is 7.63. The third-order valence-electron chi connectivity index (χ3n) is 5.64. The number of nitro groups is 1. The van der Waals surface area contributed by atoms with Gasteiger partial charge in [0.15, 0.2) is 6.61 Å². The molecule has 3 amide bonds. The molecule has 0 unspecified atom stereocenters. The molecule has 1 aliphatic carbocycles. The molecule has 10 nitrogen and oxygen atoms in total. The van der Waals surface area contributed by atoms with E-state index in [1.54, 1.807) is 6.92 Å². The highest BCUT2D eigenvalue weighted by molar-refractivity contribution is 6.08. The molecule has 1 aliphatic heterocycles. The van der Waals surface area contributed by atoms with Crippen LogP contribution in [0.1, 0.15) is 38.2 Å². The number of imide groups is 1. The zero-order valence-electron chi connectivity index (χ0n) is 16.8. The fourth-order valence-corrected chi connectivity index (χ4v) is 4.02. The molecule has 1 aromatic carbocycles. The molecule has 0 aromatic heterocycles. The van der Waals surface area contributed by atoms with Crippen LogP contribution in [0.5, 0.6) is 0 Å². The minimum atomic E-state index is -1.11. The standard InChI is InChI=1S/C20H23N3O7/c1-11-9-13(23(28)29)7-8-16(11)21-17(24)10-30-20(27)12(2)22-18(25)14-5-3-4-6-15(14)19(22)26/h7-9,12,14-15H,3-6,10H2,1-2H3,(H,21,24)/t12-,14-,15-/m0/s1. The fourth-order valence-electron chi connectivity index (χ4n) is 4.02. The van der Waals surface area contributed by atoms with Gasteiger partial charge < -0.3 is 10.1 Å². The summed E-state index contributed by atoms with van der Waals surface area (Å²) < 4.78 is 5.00. The summed E-state index contributed by atoms with van der Waals surface area (Å²) in [6, 6.07) is 2.85. The van der Waals surface area contributed by atoms with Crippen LogP contribution in [0.4, 0.5) is 11.4 Å². The summed E-state index contributed by atoms with van der Waals surface area (Å²) in [7, 11) is 0. The molecule has 0 bridgehead atoms. The van der Waals surface area contributed by atoms with E-state index in [0.29, 0.717) is 24.1 Å². The third kappa shape index (κ3) is 4.17. The first-order chi connectivity index (χ1) is 14.2. The van der Waals surface area contributed by atoms with Crippen LogP contribution in [-0.2, 0) is 23.9 Å². The number of benzene rings is 1. The summed E-state index contributed by atoms with van der Waals surface area (Å²) in [6.45, 7) is 2.40. The van der Waals surface area contributed by atoms with E-state index in [9.17, 15) is 29.3 Å². The van der Waals surface area contributed by atoms with Gasteiger partial charge in [0.2, 0.25) is 11.8 Å². The molecule has 1 saturated heterocycles.